The molecule has 0 saturated carbocycles. The highest BCUT2D eigenvalue weighted by atomic mass is 16.6. The first-order chi connectivity index (χ1) is 20.6. The van der Waals surface area contributed by atoms with Gasteiger partial charge in [0.1, 0.15) is 17.6 Å². The molecular formula is C35H50N2O6. The summed E-state index contributed by atoms with van der Waals surface area (Å²) in [5.41, 5.74) is 0.593. The third-order valence-corrected chi connectivity index (χ3v) is 10.2. The van der Waals surface area contributed by atoms with E-state index in [0.717, 1.165) is 29.7 Å². The largest absolute Gasteiger partial charge is 0.465 e. The summed E-state index contributed by atoms with van der Waals surface area (Å²) < 4.78 is 12.7. The molecule has 1 N–H and O–H groups in total. The van der Waals surface area contributed by atoms with Crippen LogP contribution in [-0.2, 0) is 23.9 Å². The van der Waals surface area contributed by atoms with E-state index in [1.165, 1.54) is 0 Å². The normalized spacial score (nSPS) is 28.8. The lowest BCUT2D eigenvalue weighted by molar-refractivity contribution is -0.162. The van der Waals surface area contributed by atoms with Crippen molar-refractivity contribution in [3.8, 4) is 0 Å². The van der Waals surface area contributed by atoms with Gasteiger partial charge in [-0.2, -0.15) is 0 Å². The van der Waals surface area contributed by atoms with E-state index >= 15 is 0 Å². The Morgan fingerprint density at radius 1 is 1.21 bits per heavy atom. The fourth-order valence-corrected chi connectivity index (χ4v) is 7.71. The molecule has 2 unspecified atom stereocenters. The SMILES string of the molecule is C=CCCCCOC(=O)[C@@H]1[C@H]2C(=O)N([C@@H](CO)[C@@H](C)CC)C(C(=O)N(CC=C)c3cc(C)ccc3C)C23CC[C@@]1(CC)O3. The molecule has 2 amide bonds. The van der Waals surface area contributed by atoms with E-state index in [9.17, 15) is 19.5 Å². The molecule has 3 aliphatic rings. The van der Waals surface area contributed by atoms with E-state index in [1.54, 1.807) is 15.9 Å². The number of aryl methyl sites for hydroxylation is 2. The lowest BCUT2D eigenvalue weighted by Gasteiger charge is -2.41. The number of esters is 1. The van der Waals surface area contributed by atoms with Crippen molar-refractivity contribution < 1.29 is 29.0 Å². The van der Waals surface area contributed by atoms with Crippen LogP contribution in [0.3, 0.4) is 0 Å². The number of hydrogen-bond acceptors (Lipinski definition) is 6. The van der Waals surface area contributed by atoms with E-state index in [-0.39, 0.29) is 37.5 Å². The maximum atomic E-state index is 15.0. The summed E-state index contributed by atoms with van der Waals surface area (Å²) in [6.07, 6.45) is 8.18. The number of amides is 2. The van der Waals surface area contributed by atoms with Crippen LogP contribution in [0, 0.1) is 31.6 Å². The molecule has 236 valence electrons. The predicted octanol–water partition coefficient (Wildman–Crippen LogP) is 5.28. The molecule has 1 aromatic carbocycles. The standard InChI is InChI=1S/C35H50N2O6/c1-8-12-13-14-20-42-33(41)29-28-31(39)37(27(22-38)24(6)10-3)30(35(28)18-17-34(29,11-4)43-35)32(40)36(19-9-2)26-21-23(5)15-16-25(26)7/h8-9,15-16,21,24,27-30,38H,1-2,10-14,17-20,22H2,3-7H3/t24-,27-,28-,29-,30?,34+,35?/m0/s1. The van der Waals surface area contributed by atoms with Gasteiger partial charge in [-0.1, -0.05) is 51.5 Å². The Morgan fingerprint density at radius 2 is 1.95 bits per heavy atom. The van der Waals surface area contributed by atoms with E-state index in [2.05, 4.69) is 13.2 Å². The molecule has 3 saturated heterocycles. The first-order valence-corrected chi connectivity index (χ1v) is 16.0. The monoisotopic (exact) mass is 594 g/mol. The molecule has 7 atom stereocenters. The van der Waals surface area contributed by atoms with Crippen molar-refractivity contribution in [3.63, 3.8) is 0 Å². The van der Waals surface area contributed by atoms with Gasteiger partial charge in [-0.3, -0.25) is 14.4 Å². The number of ether oxygens (including phenoxy) is 2. The van der Waals surface area contributed by atoms with Gasteiger partial charge in [-0.05, 0) is 75.5 Å². The van der Waals surface area contributed by atoms with Crippen molar-refractivity contribution in [2.45, 2.75) is 103 Å². The van der Waals surface area contributed by atoms with Crippen molar-refractivity contribution in [2.24, 2.45) is 17.8 Å². The van der Waals surface area contributed by atoms with Crippen LogP contribution in [-0.4, -0.2) is 70.8 Å². The molecule has 8 heteroatoms. The van der Waals surface area contributed by atoms with Gasteiger partial charge in [0.05, 0.1) is 30.8 Å². The minimum atomic E-state index is -1.20. The van der Waals surface area contributed by atoms with Gasteiger partial charge < -0.3 is 24.4 Å². The topological polar surface area (TPSA) is 96.4 Å². The van der Waals surface area contributed by atoms with Crippen LogP contribution in [0.1, 0.15) is 76.8 Å². The Kier molecular flexibility index (Phi) is 10.2. The number of unbranched alkanes of at least 4 members (excludes halogenated alkanes) is 2. The minimum absolute atomic E-state index is 0.0827. The van der Waals surface area contributed by atoms with Crippen LogP contribution in [0.25, 0.3) is 0 Å². The van der Waals surface area contributed by atoms with Gasteiger partial charge in [-0.25, -0.2) is 0 Å². The number of hydrogen-bond donors (Lipinski definition) is 1. The number of aliphatic hydroxyl groups excluding tert-OH is 1. The maximum Gasteiger partial charge on any atom is 0.312 e. The smallest absolute Gasteiger partial charge is 0.312 e. The molecule has 3 heterocycles. The van der Waals surface area contributed by atoms with Crippen LogP contribution < -0.4 is 4.90 Å². The molecule has 1 aromatic rings. The number of anilines is 1. The fourth-order valence-electron chi connectivity index (χ4n) is 7.71. The summed E-state index contributed by atoms with van der Waals surface area (Å²) in [7, 11) is 0. The van der Waals surface area contributed by atoms with Gasteiger partial charge >= 0.3 is 5.97 Å². The number of benzene rings is 1. The predicted molar refractivity (Wildman–Crippen MR) is 167 cm³/mol. The number of aliphatic hydroxyl groups is 1. The van der Waals surface area contributed by atoms with E-state index in [4.69, 9.17) is 9.47 Å². The summed E-state index contributed by atoms with van der Waals surface area (Å²) in [6, 6.07) is 4.34. The van der Waals surface area contributed by atoms with Crippen LogP contribution in [0.2, 0.25) is 0 Å². The molecule has 1 spiro atoms. The highest BCUT2D eigenvalue weighted by molar-refractivity contribution is 6.05. The van der Waals surface area contributed by atoms with E-state index in [1.807, 2.05) is 58.9 Å². The van der Waals surface area contributed by atoms with Crippen LogP contribution >= 0.6 is 0 Å². The van der Waals surface area contributed by atoms with E-state index in [0.29, 0.717) is 32.1 Å². The zero-order valence-electron chi connectivity index (χ0n) is 26.6. The maximum absolute atomic E-state index is 15.0. The Labute approximate surface area is 257 Å². The number of carbonyl (C=O) groups excluding carboxylic acids is 3. The second-order valence-electron chi connectivity index (χ2n) is 12.7. The minimum Gasteiger partial charge on any atom is -0.465 e. The number of nitrogens with zero attached hydrogens (tertiary/aromatic N) is 2. The first kappa shape index (κ1) is 32.9. The number of likely N-dealkylation sites (tertiary alicyclic amines) is 1. The average molecular weight is 595 g/mol. The Hall–Kier alpha value is -2.97. The summed E-state index contributed by atoms with van der Waals surface area (Å²) in [4.78, 5) is 46.7. The van der Waals surface area contributed by atoms with E-state index < -0.39 is 41.1 Å². The Bertz CT molecular complexity index is 1230. The van der Waals surface area contributed by atoms with Crippen molar-refractivity contribution in [2.75, 3.05) is 24.7 Å². The highest BCUT2D eigenvalue weighted by Crippen LogP contribution is 2.65. The summed E-state index contributed by atoms with van der Waals surface area (Å²) >= 11 is 0. The Balaban J connectivity index is 1.82. The molecule has 0 radical (unpaired) electrons. The molecule has 43 heavy (non-hydrogen) atoms. The quantitative estimate of drug-likeness (QED) is 0.169. The molecule has 3 aliphatic heterocycles. The van der Waals surface area contributed by atoms with Crippen molar-refractivity contribution >= 4 is 23.5 Å². The highest BCUT2D eigenvalue weighted by Gasteiger charge is 2.79. The molecule has 2 bridgehead atoms. The number of carbonyl (C=O) groups is 3. The molecular weight excluding hydrogens is 544 g/mol. The number of fused-ring (bicyclic) bond motifs is 1. The first-order valence-electron chi connectivity index (χ1n) is 16.0. The molecule has 0 aliphatic carbocycles. The fraction of sp³-hybridized carbons (Fsp3) is 0.629. The average Bonchev–Trinajstić information content (AvgIpc) is 3.61. The zero-order chi connectivity index (χ0) is 31.5. The van der Waals surface area contributed by atoms with Crippen LogP contribution in [0.5, 0.6) is 0 Å². The lowest BCUT2D eigenvalue weighted by atomic mass is 9.65. The van der Waals surface area contributed by atoms with Gasteiger partial charge in [-0.15, -0.1) is 13.2 Å². The third kappa shape index (κ3) is 5.57. The van der Waals surface area contributed by atoms with Crippen molar-refractivity contribution in [1.82, 2.24) is 4.90 Å². The zero-order valence-corrected chi connectivity index (χ0v) is 26.6. The molecule has 3 fully saturated rings. The second kappa shape index (κ2) is 13.3. The van der Waals surface area contributed by atoms with Gasteiger partial charge in [0.25, 0.3) is 5.91 Å². The third-order valence-electron chi connectivity index (χ3n) is 10.2. The number of allylic oxidation sites excluding steroid dienone is 1. The summed E-state index contributed by atoms with van der Waals surface area (Å²) in [5.74, 6) is -2.78. The Morgan fingerprint density at radius 3 is 2.58 bits per heavy atom. The van der Waals surface area contributed by atoms with Gasteiger partial charge in [0, 0.05) is 12.2 Å². The molecule has 4 rings (SSSR count). The van der Waals surface area contributed by atoms with Gasteiger partial charge in [0.2, 0.25) is 5.91 Å². The lowest BCUT2D eigenvalue weighted by Crippen LogP contribution is -2.60. The number of rotatable bonds is 15. The molecule has 8 nitrogen and oxygen atoms in total. The van der Waals surface area contributed by atoms with Crippen LogP contribution in [0.4, 0.5) is 5.69 Å². The molecule has 0 aromatic heterocycles. The summed E-state index contributed by atoms with van der Waals surface area (Å²) in [5, 5.41) is 10.7. The second-order valence-corrected chi connectivity index (χ2v) is 12.7. The van der Waals surface area contributed by atoms with Gasteiger partial charge in [0.15, 0.2) is 0 Å². The summed E-state index contributed by atoms with van der Waals surface area (Å²) in [6.45, 7) is 17.8. The van der Waals surface area contributed by atoms with Crippen molar-refractivity contribution in [3.05, 3.63) is 54.6 Å². The van der Waals surface area contributed by atoms with Crippen LogP contribution in [0.15, 0.2) is 43.5 Å². The van der Waals surface area contributed by atoms with Crippen molar-refractivity contribution in [1.29, 1.82) is 0 Å².